The van der Waals surface area contributed by atoms with E-state index in [0.717, 1.165) is 5.69 Å². The van der Waals surface area contributed by atoms with E-state index in [2.05, 4.69) is 33.9 Å². The van der Waals surface area contributed by atoms with Crippen LogP contribution in [-0.4, -0.2) is 40.0 Å². The molecule has 0 saturated carbocycles. The highest BCUT2D eigenvalue weighted by Crippen LogP contribution is 2.39. The van der Waals surface area contributed by atoms with Crippen LogP contribution in [0.3, 0.4) is 0 Å². The molecule has 0 spiro atoms. The Balaban J connectivity index is 2.41. The predicted molar refractivity (Wildman–Crippen MR) is 98.9 cm³/mol. The van der Waals surface area contributed by atoms with Gasteiger partial charge in [0, 0.05) is 19.8 Å². The predicted octanol–water partition coefficient (Wildman–Crippen LogP) is 3.76. The Morgan fingerprint density at radius 1 is 1.17 bits per heavy atom. The monoisotopic (exact) mass is 348 g/mol. The molecule has 0 aromatic heterocycles. The number of anilines is 1. The molecule has 1 amide bonds. The average molecular weight is 349 g/mol. The lowest BCUT2D eigenvalue weighted by Gasteiger charge is -2.40. The van der Waals surface area contributed by atoms with Gasteiger partial charge < -0.3 is 14.1 Å². The second kappa shape index (κ2) is 6.51. The summed E-state index contributed by atoms with van der Waals surface area (Å²) in [6.07, 6.45) is 0. The van der Waals surface area contributed by atoms with E-state index in [1.165, 1.54) is 0 Å². The summed E-state index contributed by atoms with van der Waals surface area (Å²) in [5.74, 6) is 0.652. The second-order valence-corrected chi connectivity index (χ2v) is 12.5. The summed E-state index contributed by atoms with van der Waals surface area (Å²) in [6.45, 7) is 10.9. The number of nitrogens with zero attached hydrogens (tertiary/aromatic N) is 2. The van der Waals surface area contributed by atoms with Gasteiger partial charge in [-0.25, -0.2) is 0 Å². The molecule has 5 nitrogen and oxygen atoms in total. The van der Waals surface area contributed by atoms with Crippen molar-refractivity contribution in [3.8, 4) is 0 Å². The fourth-order valence-electron chi connectivity index (χ4n) is 2.09. The summed E-state index contributed by atoms with van der Waals surface area (Å²) in [7, 11) is 1.55. The number of carbonyl (C=O) groups excluding carboxylic acids is 1. The van der Waals surface area contributed by atoms with Crippen LogP contribution in [-0.2, 0) is 14.0 Å². The van der Waals surface area contributed by atoms with Gasteiger partial charge in [-0.3, -0.25) is 9.69 Å². The van der Waals surface area contributed by atoms with Crippen molar-refractivity contribution >= 4 is 19.9 Å². The van der Waals surface area contributed by atoms with E-state index >= 15 is 0 Å². The maximum atomic E-state index is 13.1. The molecule has 1 aromatic carbocycles. The van der Waals surface area contributed by atoms with Gasteiger partial charge in [-0.2, -0.15) is 0 Å². The van der Waals surface area contributed by atoms with E-state index in [9.17, 15) is 4.79 Å². The van der Waals surface area contributed by atoms with Gasteiger partial charge in [-0.15, -0.1) is 0 Å². The lowest BCUT2D eigenvalue weighted by Crippen LogP contribution is -2.47. The van der Waals surface area contributed by atoms with E-state index < -0.39 is 8.32 Å². The van der Waals surface area contributed by atoms with Crippen LogP contribution in [0.5, 0.6) is 0 Å². The first-order chi connectivity index (χ1) is 11.0. The molecule has 2 rings (SSSR count). The van der Waals surface area contributed by atoms with Gasteiger partial charge in [0.2, 0.25) is 11.6 Å². The number of rotatable bonds is 4. The largest absolute Gasteiger partial charge is 0.536 e. The zero-order valence-corrected chi connectivity index (χ0v) is 16.7. The van der Waals surface area contributed by atoms with Crippen LogP contribution in [0.25, 0.3) is 0 Å². The second-order valence-electron chi connectivity index (χ2n) is 7.73. The molecule has 132 valence electrons. The smallest absolute Gasteiger partial charge is 0.300 e. The number of carbonyl (C=O) groups is 1. The first kappa shape index (κ1) is 18.4. The average Bonchev–Trinajstić information content (AvgIpc) is 2.48. The Kier molecular flexibility index (Phi) is 4.99. The molecule has 1 heterocycles. The molecule has 0 atom stereocenters. The number of ether oxygens (including phenoxy) is 1. The van der Waals surface area contributed by atoms with Crippen molar-refractivity contribution in [2.24, 2.45) is 0 Å². The van der Waals surface area contributed by atoms with Crippen molar-refractivity contribution in [2.75, 3.05) is 25.7 Å². The first-order valence-corrected chi connectivity index (χ1v) is 11.1. The Morgan fingerprint density at radius 2 is 1.75 bits per heavy atom. The fraction of sp³-hybridized carbons (Fsp3) is 0.500. The fourth-order valence-corrected chi connectivity index (χ4v) is 3.08. The third kappa shape index (κ3) is 3.58. The molecule has 0 aliphatic carbocycles. The molecule has 1 aliphatic heterocycles. The summed E-state index contributed by atoms with van der Waals surface area (Å²) >= 11 is 0. The van der Waals surface area contributed by atoms with Crippen LogP contribution >= 0.6 is 0 Å². The normalized spacial score (nSPS) is 16.1. The lowest BCUT2D eigenvalue weighted by atomic mass is 10.2. The van der Waals surface area contributed by atoms with Gasteiger partial charge in [0.1, 0.15) is 0 Å². The van der Waals surface area contributed by atoms with Gasteiger partial charge in [-0.05, 0) is 30.3 Å². The molecule has 1 aromatic rings. The quantitative estimate of drug-likeness (QED) is 0.777. The highest BCUT2D eigenvalue weighted by atomic mass is 28.4. The first-order valence-electron chi connectivity index (χ1n) is 8.15. The molecule has 0 bridgehead atoms. The summed E-state index contributed by atoms with van der Waals surface area (Å²) in [6, 6.07) is 9.52. The minimum absolute atomic E-state index is 0.00722. The van der Waals surface area contributed by atoms with Gasteiger partial charge in [0.25, 0.3) is 14.2 Å². The van der Waals surface area contributed by atoms with Crippen LogP contribution in [0.1, 0.15) is 20.8 Å². The lowest BCUT2D eigenvalue weighted by molar-refractivity contribution is -0.121. The molecule has 0 radical (unpaired) electrons. The maximum Gasteiger partial charge on any atom is 0.300 e. The molecule has 0 N–H and O–H groups in total. The van der Waals surface area contributed by atoms with Crippen LogP contribution in [0.2, 0.25) is 18.1 Å². The number of amides is 1. The van der Waals surface area contributed by atoms with Gasteiger partial charge in [0.15, 0.2) is 6.73 Å². The van der Waals surface area contributed by atoms with Crippen molar-refractivity contribution in [3.63, 3.8) is 0 Å². The summed E-state index contributed by atoms with van der Waals surface area (Å²) < 4.78 is 12.2. The molecule has 1 aliphatic rings. The van der Waals surface area contributed by atoms with E-state index in [1.807, 2.05) is 44.4 Å². The van der Waals surface area contributed by atoms with Gasteiger partial charge in [0.05, 0.1) is 0 Å². The van der Waals surface area contributed by atoms with E-state index in [-0.39, 0.29) is 17.7 Å². The number of para-hydroxylation sites is 1. The minimum atomic E-state index is -2.16. The van der Waals surface area contributed by atoms with Gasteiger partial charge in [-0.1, -0.05) is 39.0 Å². The molecule has 6 heteroatoms. The third-order valence-corrected chi connectivity index (χ3v) is 8.93. The Bertz CT molecular complexity index is 633. The molecule has 24 heavy (non-hydrogen) atoms. The molecule has 0 fully saturated rings. The Labute approximate surface area is 146 Å². The van der Waals surface area contributed by atoms with Crippen molar-refractivity contribution in [1.82, 2.24) is 4.90 Å². The van der Waals surface area contributed by atoms with Crippen LogP contribution in [0.15, 0.2) is 42.0 Å². The molecular weight excluding hydrogens is 320 g/mol. The third-order valence-electron chi connectivity index (χ3n) is 4.60. The number of benzene rings is 1. The van der Waals surface area contributed by atoms with Crippen molar-refractivity contribution in [2.45, 2.75) is 38.9 Å². The Hall–Kier alpha value is -1.95. The standard InChI is InChI=1S/C18H28N2O3Si/c1-18(2,3)24(6,7)23-15-16(21)20(13-22-17(15)19(4)5)14-11-9-8-10-12-14/h8-12H,13H2,1-7H3. The molecule has 0 saturated heterocycles. The summed E-state index contributed by atoms with van der Waals surface area (Å²) in [4.78, 5) is 16.5. The van der Waals surface area contributed by atoms with Crippen molar-refractivity contribution in [3.05, 3.63) is 42.0 Å². The van der Waals surface area contributed by atoms with E-state index in [4.69, 9.17) is 9.16 Å². The zero-order chi connectivity index (χ0) is 18.1. The van der Waals surface area contributed by atoms with Crippen LogP contribution in [0.4, 0.5) is 5.69 Å². The minimum Gasteiger partial charge on any atom is -0.536 e. The van der Waals surface area contributed by atoms with E-state index in [0.29, 0.717) is 11.6 Å². The van der Waals surface area contributed by atoms with Crippen molar-refractivity contribution < 1.29 is 14.0 Å². The number of hydrogen-bond donors (Lipinski definition) is 0. The highest BCUT2D eigenvalue weighted by molar-refractivity contribution is 6.74. The summed E-state index contributed by atoms with van der Waals surface area (Å²) in [5.41, 5.74) is 0.802. The molecular formula is C18H28N2O3Si. The maximum absolute atomic E-state index is 13.1. The van der Waals surface area contributed by atoms with Crippen LogP contribution in [0, 0.1) is 0 Å². The Morgan fingerprint density at radius 3 is 2.25 bits per heavy atom. The SMILES string of the molecule is CN(C)C1=C(O[Si](C)(C)C(C)(C)C)C(=O)N(c2ccccc2)CO1. The van der Waals surface area contributed by atoms with Gasteiger partial charge >= 0.3 is 0 Å². The highest BCUT2D eigenvalue weighted by Gasteiger charge is 2.43. The van der Waals surface area contributed by atoms with E-state index in [1.54, 1.807) is 9.80 Å². The topological polar surface area (TPSA) is 42.0 Å². The summed E-state index contributed by atoms with van der Waals surface area (Å²) in [5, 5.41) is -0.00722. The molecule has 0 unspecified atom stereocenters. The zero-order valence-electron chi connectivity index (χ0n) is 15.7. The van der Waals surface area contributed by atoms with Crippen LogP contribution < -0.4 is 4.90 Å². The number of hydrogen-bond acceptors (Lipinski definition) is 4. The van der Waals surface area contributed by atoms with Crippen molar-refractivity contribution in [1.29, 1.82) is 0 Å².